The molecule has 8 nitrogen and oxygen atoms in total. The molecule has 40 heavy (non-hydrogen) atoms. The number of rotatable bonds is 14. The van der Waals surface area contributed by atoms with Crippen LogP contribution in [0.1, 0.15) is 36.5 Å². The second-order valence-electron chi connectivity index (χ2n) is 9.83. The molecular weight excluding hydrogens is 526 g/mol. The summed E-state index contributed by atoms with van der Waals surface area (Å²) in [6.45, 7) is 4.18. The molecule has 0 spiro atoms. The van der Waals surface area contributed by atoms with Gasteiger partial charge in [-0.15, -0.1) is 0 Å². The minimum Gasteiger partial charge on any atom is -0.497 e. The molecule has 0 saturated carbocycles. The molecule has 0 bridgehead atoms. The van der Waals surface area contributed by atoms with Crippen molar-refractivity contribution in [2.75, 3.05) is 30.8 Å². The molecular formula is C31H39N3O5S. The molecule has 0 aliphatic heterocycles. The molecule has 0 radical (unpaired) electrons. The van der Waals surface area contributed by atoms with Gasteiger partial charge in [0.1, 0.15) is 18.3 Å². The van der Waals surface area contributed by atoms with E-state index in [4.69, 9.17) is 4.74 Å². The topological polar surface area (TPSA) is 96.0 Å². The predicted molar refractivity (Wildman–Crippen MR) is 159 cm³/mol. The zero-order valence-electron chi connectivity index (χ0n) is 23.7. The molecule has 0 aliphatic rings. The van der Waals surface area contributed by atoms with E-state index in [9.17, 15) is 18.0 Å². The van der Waals surface area contributed by atoms with E-state index in [-0.39, 0.29) is 18.9 Å². The summed E-state index contributed by atoms with van der Waals surface area (Å²) >= 11 is 0. The van der Waals surface area contributed by atoms with Crippen LogP contribution >= 0.6 is 0 Å². The first-order chi connectivity index (χ1) is 19.1. The fourth-order valence-corrected chi connectivity index (χ4v) is 5.29. The number of methoxy groups -OCH3 is 1. The Balaban J connectivity index is 2.04. The highest BCUT2D eigenvalue weighted by Gasteiger charge is 2.33. The number of aryl methyl sites for hydroxylation is 1. The van der Waals surface area contributed by atoms with Crippen LogP contribution in [-0.2, 0) is 32.6 Å². The van der Waals surface area contributed by atoms with Crippen LogP contribution in [0.3, 0.4) is 0 Å². The van der Waals surface area contributed by atoms with Crippen LogP contribution < -0.4 is 14.4 Å². The van der Waals surface area contributed by atoms with E-state index in [0.717, 1.165) is 40.1 Å². The lowest BCUT2D eigenvalue weighted by Crippen LogP contribution is -2.53. The summed E-state index contributed by atoms with van der Waals surface area (Å²) < 4.78 is 32.1. The molecule has 0 saturated heterocycles. The number of benzene rings is 3. The average Bonchev–Trinajstić information content (AvgIpc) is 2.93. The number of hydrogen-bond donors (Lipinski definition) is 1. The van der Waals surface area contributed by atoms with Crippen LogP contribution in [0.15, 0.2) is 78.9 Å². The molecule has 3 aromatic rings. The second-order valence-corrected chi connectivity index (χ2v) is 11.7. The number of hydrogen-bond acceptors (Lipinski definition) is 5. The summed E-state index contributed by atoms with van der Waals surface area (Å²) in [5.41, 5.74) is 3.07. The lowest BCUT2D eigenvalue weighted by molar-refractivity contribution is -0.140. The lowest BCUT2D eigenvalue weighted by Gasteiger charge is -2.33. The second kappa shape index (κ2) is 14.5. The molecule has 9 heteroatoms. The number of carbonyl (C=O) groups is 2. The third-order valence-corrected chi connectivity index (χ3v) is 7.70. The van der Waals surface area contributed by atoms with Crippen molar-refractivity contribution < 1.29 is 22.7 Å². The summed E-state index contributed by atoms with van der Waals surface area (Å²) in [5, 5.41) is 2.99. The summed E-state index contributed by atoms with van der Waals surface area (Å²) in [5.74, 6) is -0.292. The molecule has 1 N–H and O–H groups in total. The minimum atomic E-state index is -3.84. The van der Waals surface area contributed by atoms with Gasteiger partial charge in [-0.3, -0.25) is 13.9 Å². The van der Waals surface area contributed by atoms with Gasteiger partial charge in [0.25, 0.3) is 0 Å². The van der Waals surface area contributed by atoms with Crippen LogP contribution in [0.5, 0.6) is 5.75 Å². The van der Waals surface area contributed by atoms with Crippen molar-refractivity contribution in [3.63, 3.8) is 0 Å². The van der Waals surface area contributed by atoms with Gasteiger partial charge in [-0.25, -0.2) is 8.42 Å². The van der Waals surface area contributed by atoms with Gasteiger partial charge in [-0.05, 0) is 36.6 Å². The summed E-state index contributed by atoms with van der Waals surface area (Å²) in [4.78, 5) is 29.2. The van der Waals surface area contributed by atoms with Crippen molar-refractivity contribution in [1.29, 1.82) is 0 Å². The fraction of sp³-hybridized carbons (Fsp3) is 0.355. The number of amides is 2. The van der Waals surface area contributed by atoms with Gasteiger partial charge in [0.2, 0.25) is 21.8 Å². The normalized spacial score (nSPS) is 11.9. The maximum Gasteiger partial charge on any atom is 0.244 e. The maximum absolute atomic E-state index is 14.1. The van der Waals surface area contributed by atoms with E-state index in [2.05, 4.69) is 5.32 Å². The largest absolute Gasteiger partial charge is 0.497 e. The molecule has 0 fully saturated rings. The van der Waals surface area contributed by atoms with Crippen LogP contribution in [0, 0.1) is 6.92 Å². The van der Waals surface area contributed by atoms with E-state index in [1.165, 1.54) is 12.0 Å². The van der Waals surface area contributed by atoms with E-state index >= 15 is 0 Å². The zero-order valence-corrected chi connectivity index (χ0v) is 24.5. The summed E-state index contributed by atoms with van der Waals surface area (Å²) in [7, 11) is -2.35. The highest BCUT2D eigenvalue weighted by molar-refractivity contribution is 7.92. The Labute approximate surface area is 238 Å². The third kappa shape index (κ3) is 8.84. The SMILES string of the molecule is CCCCNC(=O)[C@@H](Cc1ccccc1)N(Cc1cccc(C)c1)C(=O)CN(c1cccc(OC)c1)S(C)(=O)=O. The van der Waals surface area contributed by atoms with Crippen molar-refractivity contribution in [2.24, 2.45) is 0 Å². The molecule has 0 heterocycles. The Hall–Kier alpha value is -3.85. The fourth-order valence-electron chi connectivity index (χ4n) is 4.45. The first kappa shape index (κ1) is 30.7. The first-order valence-corrected chi connectivity index (χ1v) is 15.3. The zero-order chi connectivity index (χ0) is 29.1. The van der Waals surface area contributed by atoms with Gasteiger partial charge in [-0.2, -0.15) is 0 Å². The lowest BCUT2D eigenvalue weighted by atomic mass is 10.0. The van der Waals surface area contributed by atoms with Gasteiger partial charge in [0.15, 0.2) is 0 Å². The van der Waals surface area contributed by atoms with Crippen LogP contribution in [0.2, 0.25) is 0 Å². The van der Waals surface area contributed by atoms with Crippen molar-refractivity contribution in [1.82, 2.24) is 10.2 Å². The van der Waals surface area contributed by atoms with Crippen LogP contribution in [0.4, 0.5) is 5.69 Å². The van der Waals surface area contributed by atoms with Gasteiger partial charge >= 0.3 is 0 Å². The Morgan fingerprint density at radius 3 is 2.30 bits per heavy atom. The molecule has 1 atom stereocenters. The Morgan fingerprint density at radius 2 is 1.65 bits per heavy atom. The highest BCUT2D eigenvalue weighted by atomic mass is 32.2. The Kier molecular flexibility index (Phi) is 11.1. The number of unbranched alkanes of at least 4 members (excludes halogenated alkanes) is 1. The number of carbonyl (C=O) groups excluding carboxylic acids is 2. The van der Waals surface area contributed by atoms with E-state index < -0.39 is 28.5 Å². The Morgan fingerprint density at radius 1 is 0.950 bits per heavy atom. The predicted octanol–water partition coefficient (Wildman–Crippen LogP) is 4.33. The van der Waals surface area contributed by atoms with Gasteiger partial charge in [0.05, 0.1) is 19.1 Å². The van der Waals surface area contributed by atoms with Crippen LogP contribution in [0.25, 0.3) is 0 Å². The van der Waals surface area contributed by atoms with E-state index in [0.29, 0.717) is 18.0 Å². The first-order valence-electron chi connectivity index (χ1n) is 13.4. The van der Waals surface area contributed by atoms with Gasteiger partial charge in [-0.1, -0.05) is 79.6 Å². The minimum absolute atomic E-state index is 0.148. The molecule has 0 unspecified atom stereocenters. The molecule has 0 aromatic heterocycles. The van der Waals surface area contributed by atoms with Crippen molar-refractivity contribution in [3.05, 3.63) is 95.6 Å². The quantitative estimate of drug-likeness (QED) is 0.294. The number of nitrogens with one attached hydrogen (secondary N) is 1. The molecule has 214 valence electrons. The maximum atomic E-state index is 14.1. The van der Waals surface area contributed by atoms with E-state index in [1.807, 2.05) is 68.4 Å². The van der Waals surface area contributed by atoms with Gasteiger partial charge < -0.3 is 15.0 Å². The molecule has 3 rings (SSSR count). The highest BCUT2D eigenvalue weighted by Crippen LogP contribution is 2.24. The molecule has 3 aromatic carbocycles. The molecule has 2 amide bonds. The monoisotopic (exact) mass is 565 g/mol. The third-order valence-electron chi connectivity index (χ3n) is 6.56. The van der Waals surface area contributed by atoms with E-state index in [1.54, 1.807) is 24.3 Å². The number of anilines is 1. The number of sulfonamides is 1. The number of nitrogens with zero attached hydrogens (tertiary/aromatic N) is 2. The van der Waals surface area contributed by atoms with Gasteiger partial charge in [0, 0.05) is 25.6 Å². The smallest absolute Gasteiger partial charge is 0.244 e. The number of ether oxygens (including phenoxy) is 1. The summed E-state index contributed by atoms with van der Waals surface area (Å²) in [6.07, 6.45) is 3.07. The molecule has 0 aliphatic carbocycles. The summed E-state index contributed by atoms with van der Waals surface area (Å²) in [6, 6.07) is 22.9. The Bertz CT molecular complexity index is 1380. The standard InChI is InChI=1S/C31H39N3O5S/c1-5-6-18-32-31(36)29(20-25-13-8-7-9-14-25)33(22-26-15-10-12-24(2)19-26)30(35)23-34(40(4,37)38)27-16-11-17-28(21-27)39-3/h7-17,19,21,29H,5-6,18,20,22-23H2,1-4H3,(H,32,36)/t29-/m1/s1. The van der Waals surface area contributed by atoms with Crippen molar-refractivity contribution >= 4 is 27.5 Å². The van der Waals surface area contributed by atoms with Crippen molar-refractivity contribution in [2.45, 2.75) is 45.7 Å². The van der Waals surface area contributed by atoms with Crippen LogP contribution in [-0.4, -0.2) is 57.6 Å². The van der Waals surface area contributed by atoms with Crippen molar-refractivity contribution in [3.8, 4) is 5.75 Å². The average molecular weight is 566 g/mol.